The summed E-state index contributed by atoms with van der Waals surface area (Å²) in [6.45, 7) is 2.90. The lowest BCUT2D eigenvalue weighted by molar-refractivity contribution is 0.505. The SMILES string of the molecule is NCc1ccc(N2CCC(c3ccccc3)CC2)cc1. The highest BCUT2D eigenvalue weighted by atomic mass is 15.1. The van der Waals surface area contributed by atoms with E-state index in [-0.39, 0.29) is 0 Å². The topological polar surface area (TPSA) is 29.3 Å². The molecule has 0 spiro atoms. The van der Waals surface area contributed by atoms with Gasteiger partial charge in [-0.2, -0.15) is 0 Å². The van der Waals surface area contributed by atoms with Gasteiger partial charge in [0.15, 0.2) is 0 Å². The van der Waals surface area contributed by atoms with Crippen LogP contribution in [0, 0.1) is 0 Å². The molecule has 1 heterocycles. The highest BCUT2D eigenvalue weighted by Gasteiger charge is 2.20. The fourth-order valence-corrected chi connectivity index (χ4v) is 3.04. The molecule has 2 aromatic rings. The summed E-state index contributed by atoms with van der Waals surface area (Å²) in [4.78, 5) is 2.49. The molecule has 2 aromatic carbocycles. The van der Waals surface area contributed by atoms with E-state index in [0.29, 0.717) is 6.54 Å². The lowest BCUT2D eigenvalue weighted by Crippen LogP contribution is -2.32. The van der Waals surface area contributed by atoms with Crippen molar-refractivity contribution in [3.63, 3.8) is 0 Å². The van der Waals surface area contributed by atoms with E-state index in [1.807, 2.05) is 0 Å². The quantitative estimate of drug-likeness (QED) is 0.921. The molecule has 2 heteroatoms. The standard InChI is InChI=1S/C18H22N2/c19-14-15-6-8-18(9-7-15)20-12-10-17(11-13-20)16-4-2-1-3-5-16/h1-9,17H,10-14,19H2. The number of rotatable bonds is 3. The number of piperidine rings is 1. The zero-order valence-electron chi connectivity index (χ0n) is 11.8. The van der Waals surface area contributed by atoms with Crippen LogP contribution in [0.2, 0.25) is 0 Å². The van der Waals surface area contributed by atoms with Crippen LogP contribution >= 0.6 is 0 Å². The summed E-state index contributed by atoms with van der Waals surface area (Å²) < 4.78 is 0. The van der Waals surface area contributed by atoms with Crippen molar-refractivity contribution in [2.75, 3.05) is 18.0 Å². The molecule has 0 amide bonds. The van der Waals surface area contributed by atoms with Gasteiger partial charge in [0.1, 0.15) is 0 Å². The second kappa shape index (κ2) is 6.10. The fraction of sp³-hybridized carbons (Fsp3) is 0.333. The van der Waals surface area contributed by atoms with E-state index >= 15 is 0 Å². The Kier molecular flexibility index (Phi) is 4.03. The van der Waals surface area contributed by atoms with Crippen LogP contribution in [0.25, 0.3) is 0 Å². The molecule has 0 aliphatic carbocycles. The van der Waals surface area contributed by atoms with Gasteiger partial charge in [0.05, 0.1) is 0 Å². The average molecular weight is 266 g/mol. The molecule has 0 aromatic heterocycles. The molecule has 0 bridgehead atoms. The molecule has 0 atom stereocenters. The van der Waals surface area contributed by atoms with Crippen LogP contribution in [0.4, 0.5) is 5.69 Å². The van der Waals surface area contributed by atoms with E-state index in [1.165, 1.54) is 29.7 Å². The Labute approximate surface area is 121 Å². The van der Waals surface area contributed by atoms with Crippen LogP contribution < -0.4 is 10.6 Å². The molecule has 1 aliphatic heterocycles. The van der Waals surface area contributed by atoms with Gasteiger partial charge in [-0.15, -0.1) is 0 Å². The second-order valence-corrected chi connectivity index (χ2v) is 5.54. The summed E-state index contributed by atoms with van der Waals surface area (Å²) >= 11 is 0. The molecular weight excluding hydrogens is 244 g/mol. The molecule has 0 radical (unpaired) electrons. The van der Waals surface area contributed by atoms with Crippen molar-refractivity contribution >= 4 is 5.69 Å². The molecule has 104 valence electrons. The molecule has 0 unspecified atom stereocenters. The molecule has 20 heavy (non-hydrogen) atoms. The third-order valence-electron chi connectivity index (χ3n) is 4.30. The third-order valence-corrected chi connectivity index (χ3v) is 4.30. The summed E-state index contributed by atoms with van der Waals surface area (Å²) in [7, 11) is 0. The van der Waals surface area contributed by atoms with Crippen molar-refractivity contribution in [3.05, 3.63) is 65.7 Å². The van der Waals surface area contributed by atoms with E-state index < -0.39 is 0 Å². The van der Waals surface area contributed by atoms with Gasteiger partial charge >= 0.3 is 0 Å². The first-order chi connectivity index (χ1) is 9.86. The summed E-state index contributed by atoms with van der Waals surface area (Å²) in [5.74, 6) is 0.718. The minimum Gasteiger partial charge on any atom is -0.371 e. The number of benzene rings is 2. The lowest BCUT2D eigenvalue weighted by Gasteiger charge is -2.34. The minimum absolute atomic E-state index is 0.621. The van der Waals surface area contributed by atoms with Crippen LogP contribution in [0.15, 0.2) is 54.6 Å². The Morgan fingerprint density at radius 3 is 2.15 bits per heavy atom. The van der Waals surface area contributed by atoms with Crippen LogP contribution in [-0.4, -0.2) is 13.1 Å². The molecule has 1 aliphatic rings. The number of anilines is 1. The first-order valence-electron chi connectivity index (χ1n) is 7.46. The van der Waals surface area contributed by atoms with Gasteiger partial charge in [-0.05, 0) is 42.0 Å². The van der Waals surface area contributed by atoms with Gasteiger partial charge in [-0.25, -0.2) is 0 Å². The predicted molar refractivity (Wildman–Crippen MR) is 85.0 cm³/mol. The lowest BCUT2D eigenvalue weighted by atomic mass is 9.89. The highest BCUT2D eigenvalue weighted by molar-refractivity contribution is 5.48. The van der Waals surface area contributed by atoms with Gasteiger partial charge in [-0.1, -0.05) is 42.5 Å². The molecule has 0 saturated carbocycles. The van der Waals surface area contributed by atoms with Crippen molar-refractivity contribution in [3.8, 4) is 0 Å². The first kappa shape index (κ1) is 13.2. The largest absolute Gasteiger partial charge is 0.371 e. The zero-order chi connectivity index (χ0) is 13.8. The van der Waals surface area contributed by atoms with Gasteiger partial charge in [0.2, 0.25) is 0 Å². The fourth-order valence-electron chi connectivity index (χ4n) is 3.04. The molecule has 1 fully saturated rings. The van der Waals surface area contributed by atoms with Crippen LogP contribution in [0.3, 0.4) is 0 Å². The Balaban J connectivity index is 1.63. The van der Waals surface area contributed by atoms with Crippen LogP contribution in [0.5, 0.6) is 0 Å². The van der Waals surface area contributed by atoms with Crippen molar-refractivity contribution in [1.29, 1.82) is 0 Å². The van der Waals surface area contributed by atoms with Gasteiger partial charge < -0.3 is 10.6 Å². The summed E-state index contributed by atoms with van der Waals surface area (Å²) in [5.41, 5.74) is 9.67. The Hall–Kier alpha value is -1.80. The average Bonchev–Trinajstić information content (AvgIpc) is 2.56. The van der Waals surface area contributed by atoms with E-state index in [4.69, 9.17) is 5.73 Å². The van der Waals surface area contributed by atoms with E-state index in [9.17, 15) is 0 Å². The van der Waals surface area contributed by atoms with Crippen LogP contribution in [-0.2, 0) is 6.54 Å². The van der Waals surface area contributed by atoms with Gasteiger partial charge in [0.25, 0.3) is 0 Å². The van der Waals surface area contributed by atoms with E-state index in [0.717, 1.165) is 19.0 Å². The summed E-state index contributed by atoms with van der Waals surface area (Å²) in [5, 5.41) is 0. The highest BCUT2D eigenvalue weighted by Crippen LogP contribution is 2.30. The monoisotopic (exact) mass is 266 g/mol. The number of nitrogens with two attached hydrogens (primary N) is 1. The maximum atomic E-state index is 5.65. The van der Waals surface area contributed by atoms with Crippen LogP contribution in [0.1, 0.15) is 29.9 Å². The van der Waals surface area contributed by atoms with Gasteiger partial charge in [0, 0.05) is 25.3 Å². The zero-order valence-corrected chi connectivity index (χ0v) is 11.8. The summed E-state index contributed by atoms with van der Waals surface area (Å²) in [6, 6.07) is 19.6. The van der Waals surface area contributed by atoms with Crippen molar-refractivity contribution < 1.29 is 0 Å². The maximum Gasteiger partial charge on any atom is 0.0366 e. The second-order valence-electron chi connectivity index (χ2n) is 5.54. The van der Waals surface area contributed by atoms with Crippen molar-refractivity contribution in [1.82, 2.24) is 0 Å². The Morgan fingerprint density at radius 2 is 1.55 bits per heavy atom. The van der Waals surface area contributed by atoms with Gasteiger partial charge in [-0.3, -0.25) is 0 Å². The first-order valence-corrected chi connectivity index (χ1v) is 7.46. The third kappa shape index (κ3) is 2.86. The van der Waals surface area contributed by atoms with Crippen molar-refractivity contribution in [2.45, 2.75) is 25.3 Å². The number of hydrogen-bond donors (Lipinski definition) is 1. The van der Waals surface area contributed by atoms with E-state index in [1.54, 1.807) is 0 Å². The smallest absolute Gasteiger partial charge is 0.0366 e. The maximum absolute atomic E-state index is 5.65. The minimum atomic E-state index is 0.621. The number of nitrogens with zero attached hydrogens (tertiary/aromatic N) is 1. The molecular formula is C18H22N2. The predicted octanol–water partition coefficient (Wildman–Crippen LogP) is 3.53. The molecule has 2 nitrogen and oxygen atoms in total. The molecule has 2 N–H and O–H groups in total. The Bertz CT molecular complexity index is 525. The summed E-state index contributed by atoms with van der Waals surface area (Å²) in [6.07, 6.45) is 2.48. The molecule has 3 rings (SSSR count). The van der Waals surface area contributed by atoms with E-state index in [2.05, 4.69) is 59.5 Å². The van der Waals surface area contributed by atoms with Crippen molar-refractivity contribution in [2.24, 2.45) is 5.73 Å². The molecule has 1 saturated heterocycles. The number of hydrogen-bond acceptors (Lipinski definition) is 2. The normalized spacial score (nSPS) is 16.4. The Morgan fingerprint density at radius 1 is 0.900 bits per heavy atom.